The van der Waals surface area contributed by atoms with Gasteiger partial charge in [0.2, 0.25) is 5.91 Å². The molecule has 1 N–H and O–H groups in total. The quantitative estimate of drug-likeness (QED) is 0.667. The van der Waals surface area contributed by atoms with Crippen molar-refractivity contribution in [3.8, 4) is 11.1 Å². The van der Waals surface area contributed by atoms with E-state index in [0.717, 1.165) is 37.6 Å². The maximum Gasteiger partial charge on any atom is 0.238 e. The molecule has 3 aromatic carbocycles. The molecule has 0 bridgehead atoms. The summed E-state index contributed by atoms with van der Waals surface area (Å²) in [5.41, 5.74) is 7.49. The Bertz CT molecular complexity index is 1060. The van der Waals surface area contributed by atoms with Crippen molar-refractivity contribution in [1.82, 2.24) is 9.80 Å². The predicted molar refractivity (Wildman–Crippen MR) is 131 cm³/mol. The monoisotopic (exact) mass is 426 g/mol. The van der Waals surface area contributed by atoms with Gasteiger partial charge in [-0.25, -0.2) is 0 Å². The number of piperazine rings is 1. The first-order valence-electron chi connectivity index (χ1n) is 11.3. The molecule has 0 atom stereocenters. The maximum atomic E-state index is 12.6. The second kappa shape index (κ2) is 8.77. The fourth-order valence-electron chi connectivity index (χ4n) is 4.95. The molecule has 0 radical (unpaired) electrons. The summed E-state index contributed by atoms with van der Waals surface area (Å²) in [6.07, 6.45) is 0. The molecule has 0 unspecified atom stereocenters. The third kappa shape index (κ3) is 4.01. The lowest BCUT2D eigenvalue weighted by molar-refractivity contribution is -0.117. The molecule has 0 saturated carbocycles. The Morgan fingerprint density at radius 3 is 1.97 bits per heavy atom. The number of anilines is 2. The molecular weight excluding hydrogens is 396 g/mol. The molecule has 5 nitrogen and oxygen atoms in total. The van der Waals surface area contributed by atoms with E-state index in [-0.39, 0.29) is 5.91 Å². The van der Waals surface area contributed by atoms with Crippen molar-refractivity contribution in [2.45, 2.75) is 6.04 Å². The first-order valence-corrected chi connectivity index (χ1v) is 11.3. The van der Waals surface area contributed by atoms with E-state index in [1.807, 2.05) is 43.3 Å². The normalized spacial score (nSPS) is 16.4. The number of hydrogen-bond acceptors (Lipinski definition) is 4. The molecule has 0 spiro atoms. The van der Waals surface area contributed by atoms with Crippen molar-refractivity contribution < 1.29 is 4.79 Å². The van der Waals surface area contributed by atoms with Crippen LogP contribution in [-0.4, -0.2) is 62.5 Å². The fourth-order valence-corrected chi connectivity index (χ4v) is 4.95. The highest BCUT2D eigenvalue weighted by Gasteiger charge is 2.34. The van der Waals surface area contributed by atoms with E-state index in [9.17, 15) is 4.79 Å². The first kappa shape index (κ1) is 20.7. The van der Waals surface area contributed by atoms with Gasteiger partial charge < -0.3 is 10.2 Å². The SMILES string of the molecule is CN(C)c1ccc(NC(=O)CN2CCN(C3c4ccccc4-c4ccccc43)CC2)cc1. The number of rotatable bonds is 5. The number of fused-ring (bicyclic) bond motifs is 3. The topological polar surface area (TPSA) is 38.8 Å². The average molecular weight is 427 g/mol. The summed E-state index contributed by atoms with van der Waals surface area (Å²) < 4.78 is 0. The van der Waals surface area contributed by atoms with Gasteiger partial charge >= 0.3 is 0 Å². The van der Waals surface area contributed by atoms with E-state index in [0.29, 0.717) is 12.6 Å². The molecule has 1 heterocycles. The molecule has 5 heteroatoms. The third-order valence-corrected chi connectivity index (χ3v) is 6.61. The van der Waals surface area contributed by atoms with Crippen LogP contribution in [0.25, 0.3) is 11.1 Å². The lowest BCUT2D eigenvalue weighted by Gasteiger charge is -2.38. The van der Waals surface area contributed by atoms with Gasteiger partial charge in [0.05, 0.1) is 12.6 Å². The zero-order valence-electron chi connectivity index (χ0n) is 18.8. The number of carbonyl (C=O) groups excluding carboxylic acids is 1. The number of nitrogens with one attached hydrogen (secondary N) is 1. The van der Waals surface area contributed by atoms with Gasteiger partial charge in [0, 0.05) is 51.6 Å². The van der Waals surface area contributed by atoms with Gasteiger partial charge in [-0.3, -0.25) is 14.6 Å². The van der Waals surface area contributed by atoms with Crippen LogP contribution < -0.4 is 10.2 Å². The molecule has 3 aromatic rings. The van der Waals surface area contributed by atoms with E-state index in [4.69, 9.17) is 0 Å². The number of benzene rings is 3. The van der Waals surface area contributed by atoms with Crippen LogP contribution in [0.5, 0.6) is 0 Å². The minimum atomic E-state index is 0.0487. The number of carbonyl (C=O) groups is 1. The Kier molecular flexibility index (Phi) is 5.68. The van der Waals surface area contributed by atoms with Crippen LogP contribution in [0, 0.1) is 0 Å². The Balaban J connectivity index is 1.20. The van der Waals surface area contributed by atoms with E-state index >= 15 is 0 Å². The molecule has 0 aromatic heterocycles. The van der Waals surface area contributed by atoms with E-state index < -0.39 is 0 Å². The summed E-state index contributed by atoms with van der Waals surface area (Å²) >= 11 is 0. The molecule has 5 rings (SSSR count). The summed E-state index contributed by atoms with van der Waals surface area (Å²) in [7, 11) is 4.02. The summed E-state index contributed by atoms with van der Waals surface area (Å²) in [5, 5.41) is 3.03. The van der Waals surface area contributed by atoms with Gasteiger partial charge in [0.25, 0.3) is 0 Å². The zero-order valence-corrected chi connectivity index (χ0v) is 18.8. The summed E-state index contributed by atoms with van der Waals surface area (Å²) in [6.45, 7) is 4.14. The van der Waals surface area contributed by atoms with Gasteiger partial charge in [-0.1, -0.05) is 48.5 Å². The third-order valence-electron chi connectivity index (χ3n) is 6.61. The Morgan fingerprint density at radius 2 is 1.41 bits per heavy atom. The van der Waals surface area contributed by atoms with Gasteiger partial charge in [-0.15, -0.1) is 0 Å². The summed E-state index contributed by atoms with van der Waals surface area (Å²) in [4.78, 5) is 19.5. The van der Waals surface area contributed by atoms with Gasteiger partial charge in [0.1, 0.15) is 0 Å². The molecule has 1 aliphatic carbocycles. The standard InChI is InChI=1S/C27H30N4O/c1-29(2)21-13-11-20(12-14-21)28-26(32)19-30-15-17-31(18-16-30)27-24-9-5-3-7-22(24)23-8-4-6-10-25(23)27/h3-14,27H,15-19H2,1-2H3,(H,28,32). The van der Waals surface area contributed by atoms with Crippen molar-refractivity contribution in [3.05, 3.63) is 83.9 Å². The molecule has 2 aliphatic rings. The smallest absolute Gasteiger partial charge is 0.238 e. The van der Waals surface area contributed by atoms with Crippen molar-refractivity contribution >= 4 is 17.3 Å². The molecule has 1 fully saturated rings. The molecule has 1 amide bonds. The highest BCUT2D eigenvalue weighted by Crippen LogP contribution is 2.46. The summed E-state index contributed by atoms with van der Waals surface area (Å²) in [5.74, 6) is 0.0487. The lowest BCUT2D eigenvalue weighted by Crippen LogP contribution is -2.49. The molecular formula is C27H30N4O. The molecule has 1 saturated heterocycles. The van der Waals surface area contributed by atoms with Crippen molar-refractivity contribution in [2.24, 2.45) is 0 Å². The fraction of sp³-hybridized carbons (Fsp3) is 0.296. The average Bonchev–Trinajstić information content (AvgIpc) is 3.14. The van der Waals surface area contributed by atoms with Crippen LogP contribution in [-0.2, 0) is 4.79 Å². The highest BCUT2D eigenvalue weighted by atomic mass is 16.2. The highest BCUT2D eigenvalue weighted by molar-refractivity contribution is 5.92. The van der Waals surface area contributed by atoms with Crippen LogP contribution >= 0.6 is 0 Å². The van der Waals surface area contributed by atoms with Crippen LogP contribution in [0.4, 0.5) is 11.4 Å². The van der Waals surface area contributed by atoms with Gasteiger partial charge in [0.15, 0.2) is 0 Å². The van der Waals surface area contributed by atoms with Crippen LogP contribution in [0.1, 0.15) is 17.2 Å². The van der Waals surface area contributed by atoms with Crippen LogP contribution in [0.2, 0.25) is 0 Å². The van der Waals surface area contributed by atoms with Gasteiger partial charge in [-0.2, -0.15) is 0 Å². The molecule has 32 heavy (non-hydrogen) atoms. The zero-order chi connectivity index (χ0) is 22.1. The Labute approximate surface area is 190 Å². The summed E-state index contributed by atoms with van der Waals surface area (Å²) in [6, 6.07) is 25.8. The number of amides is 1. The molecule has 1 aliphatic heterocycles. The number of hydrogen-bond donors (Lipinski definition) is 1. The predicted octanol–water partition coefficient (Wildman–Crippen LogP) is 4.08. The minimum absolute atomic E-state index is 0.0487. The van der Waals surface area contributed by atoms with Gasteiger partial charge in [-0.05, 0) is 46.5 Å². The second-order valence-corrected chi connectivity index (χ2v) is 8.88. The van der Waals surface area contributed by atoms with E-state index in [2.05, 4.69) is 63.6 Å². The lowest BCUT2D eigenvalue weighted by atomic mass is 10.0. The van der Waals surface area contributed by atoms with E-state index in [1.54, 1.807) is 0 Å². The maximum absolute atomic E-state index is 12.6. The van der Waals surface area contributed by atoms with Crippen molar-refractivity contribution in [1.29, 1.82) is 0 Å². The second-order valence-electron chi connectivity index (χ2n) is 8.88. The Hall–Kier alpha value is -3.15. The van der Waals surface area contributed by atoms with E-state index in [1.165, 1.54) is 22.3 Å². The van der Waals surface area contributed by atoms with Crippen LogP contribution in [0.15, 0.2) is 72.8 Å². The first-order chi connectivity index (χ1) is 15.6. The molecule has 164 valence electrons. The number of nitrogens with zero attached hydrogens (tertiary/aromatic N) is 3. The minimum Gasteiger partial charge on any atom is -0.378 e. The largest absolute Gasteiger partial charge is 0.378 e. The van der Waals surface area contributed by atoms with Crippen molar-refractivity contribution in [3.63, 3.8) is 0 Å². The van der Waals surface area contributed by atoms with Crippen LogP contribution in [0.3, 0.4) is 0 Å². The van der Waals surface area contributed by atoms with Crippen molar-refractivity contribution in [2.75, 3.05) is 57.0 Å². The Morgan fingerprint density at radius 1 is 0.844 bits per heavy atom.